The average molecular weight is 541 g/mol. The molecule has 0 saturated heterocycles. The Kier molecular flexibility index (Phi) is 13.2. The monoisotopic (exact) mass is 540 g/mol. The molecule has 0 heterocycles. The van der Waals surface area contributed by atoms with Crippen molar-refractivity contribution < 1.29 is 42.8 Å². The molecule has 0 spiro atoms. The van der Waals surface area contributed by atoms with Crippen LogP contribution in [-0.2, 0) is 19.1 Å². The number of unbranched alkanes of at least 4 members (excludes halogenated alkanes) is 2. The van der Waals surface area contributed by atoms with Crippen LogP contribution in [-0.4, -0.2) is 54.7 Å². The first-order valence-corrected chi connectivity index (χ1v) is 13.5. The van der Waals surface area contributed by atoms with Gasteiger partial charge < -0.3 is 24.4 Å². The molecule has 0 bridgehead atoms. The molecule has 1 aliphatic rings. The molecule has 1 aromatic carbocycles. The Morgan fingerprint density at radius 2 is 1.68 bits per heavy atom. The third-order valence-electron chi connectivity index (χ3n) is 7.14. The van der Waals surface area contributed by atoms with Gasteiger partial charge in [-0.05, 0) is 56.2 Å². The van der Waals surface area contributed by atoms with Crippen molar-refractivity contribution in [2.75, 3.05) is 26.4 Å². The summed E-state index contributed by atoms with van der Waals surface area (Å²) in [6.07, 6.45) is 3.77. The van der Waals surface area contributed by atoms with E-state index in [2.05, 4.69) is 13.5 Å². The van der Waals surface area contributed by atoms with Gasteiger partial charge in [0.15, 0.2) is 0 Å². The molecule has 1 fully saturated rings. The molecule has 1 aliphatic carbocycles. The van der Waals surface area contributed by atoms with Crippen LogP contribution in [0.15, 0.2) is 36.4 Å². The largest absolute Gasteiger partial charge is 0.465 e. The van der Waals surface area contributed by atoms with Crippen LogP contribution in [0.3, 0.4) is 0 Å². The predicted molar refractivity (Wildman–Crippen MR) is 139 cm³/mol. The van der Waals surface area contributed by atoms with Crippen molar-refractivity contribution >= 4 is 11.9 Å². The number of carbonyl (C=O) groups excluding carboxylic acids is 2. The second kappa shape index (κ2) is 15.8. The number of ether oxygens (including phenoxy) is 3. The molecule has 2 atom stereocenters. The standard InChI is InChI=1S/C29H42F2O7/c1-4-5-6-7-22-8-12-25(13-9-22)29(30,31)38-26-14-10-23(11-15-26)24(18-36-27(34)20(2)16-32)19-37-28(35)21(3)17-33/h10-11,14-15,21-22,24-25,32-33H,2,4-9,12-13,16-19H2,1,3H3. The van der Waals surface area contributed by atoms with E-state index < -0.39 is 42.4 Å². The zero-order valence-electron chi connectivity index (χ0n) is 22.5. The molecule has 7 nitrogen and oxygen atoms in total. The van der Waals surface area contributed by atoms with Gasteiger partial charge in [-0.25, -0.2) is 4.79 Å². The lowest BCUT2D eigenvalue weighted by molar-refractivity contribution is -0.223. The third kappa shape index (κ3) is 9.98. The lowest BCUT2D eigenvalue weighted by Gasteiger charge is -2.33. The summed E-state index contributed by atoms with van der Waals surface area (Å²) in [4.78, 5) is 23.9. The topological polar surface area (TPSA) is 102 Å². The van der Waals surface area contributed by atoms with Crippen LogP contribution in [0.4, 0.5) is 8.78 Å². The van der Waals surface area contributed by atoms with Gasteiger partial charge in [-0.3, -0.25) is 4.79 Å². The summed E-state index contributed by atoms with van der Waals surface area (Å²) in [5.74, 6) is -3.06. The highest BCUT2D eigenvalue weighted by Gasteiger charge is 2.43. The van der Waals surface area contributed by atoms with Crippen LogP contribution in [0.1, 0.15) is 76.7 Å². The Morgan fingerprint density at radius 1 is 1.05 bits per heavy atom. The molecule has 0 aliphatic heterocycles. The van der Waals surface area contributed by atoms with Gasteiger partial charge in [-0.2, -0.15) is 8.78 Å². The van der Waals surface area contributed by atoms with E-state index in [1.807, 2.05) is 0 Å². The SMILES string of the molecule is C=C(CO)C(=O)OCC(COC(=O)C(C)CO)c1ccc(OC(F)(F)C2CCC(CCCCC)CC2)cc1. The molecule has 0 radical (unpaired) electrons. The smallest absolute Gasteiger partial charge is 0.400 e. The highest BCUT2D eigenvalue weighted by atomic mass is 19.3. The lowest BCUT2D eigenvalue weighted by atomic mass is 9.79. The number of esters is 2. The third-order valence-corrected chi connectivity index (χ3v) is 7.14. The summed E-state index contributed by atoms with van der Waals surface area (Å²) < 4.78 is 45.4. The minimum Gasteiger partial charge on any atom is -0.465 e. The second-order valence-corrected chi connectivity index (χ2v) is 10.2. The van der Waals surface area contributed by atoms with E-state index in [1.165, 1.54) is 25.5 Å². The molecule has 38 heavy (non-hydrogen) atoms. The number of hydrogen-bond acceptors (Lipinski definition) is 7. The summed E-state index contributed by atoms with van der Waals surface area (Å²) in [5, 5.41) is 18.2. The zero-order valence-corrected chi connectivity index (χ0v) is 22.5. The van der Waals surface area contributed by atoms with Crippen LogP contribution in [0.5, 0.6) is 5.75 Å². The van der Waals surface area contributed by atoms with Gasteiger partial charge >= 0.3 is 18.0 Å². The van der Waals surface area contributed by atoms with E-state index in [4.69, 9.17) is 24.4 Å². The van der Waals surface area contributed by atoms with Gasteiger partial charge in [-0.15, -0.1) is 0 Å². The van der Waals surface area contributed by atoms with Crippen molar-refractivity contribution in [3.05, 3.63) is 42.0 Å². The first-order chi connectivity index (χ1) is 18.1. The molecular weight excluding hydrogens is 498 g/mol. The van der Waals surface area contributed by atoms with E-state index in [0.29, 0.717) is 24.3 Å². The fourth-order valence-corrected chi connectivity index (χ4v) is 4.50. The fraction of sp³-hybridized carbons (Fsp3) is 0.655. The Bertz CT molecular complexity index is 879. The van der Waals surface area contributed by atoms with Crippen molar-refractivity contribution in [2.45, 2.75) is 77.2 Å². The van der Waals surface area contributed by atoms with E-state index in [9.17, 15) is 18.4 Å². The summed E-state index contributed by atoms with van der Waals surface area (Å²) in [5.41, 5.74) is 0.440. The van der Waals surface area contributed by atoms with E-state index in [1.54, 1.807) is 12.1 Å². The van der Waals surface area contributed by atoms with Crippen molar-refractivity contribution in [3.63, 3.8) is 0 Å². The van der Waals surface area contributed by atoms with Crippen molar-refractivity contribution in [2.24, 2.45) is 17.8 Å². The van der Waals surface area contributed by atoms with Crippen LogP contribution in [0.2, 0.25) is 0 Å². The Hall–Kier alpha value is -2.52. The number of aliphatic hydroxyl groups is 2. The molecule has 0 amide bonds. The number of carbonyl (C=O) groups is 2. The fourth-order valence-electron chi connectivity index (χ4n) is 4.50. The summed E-state index contributed by atoms with van der Waals surface area (Å²) in [6, 6.07) is 5.94. The summed E-state index contributed by atoms with van der Waals surface area (Å²) in [7, 11) is 0. The molecule has 0 aromatic heterocycles. The number of rotatable bonds is 16. The van der Waals surface area contributed by atoms with Crippen molar-refractivity contribution in [3.8, 4) is 5.75 Å². The molecule has 2 unspecified atom stereocenters. The van der Waals surface area contributed by atoms with Crippen LogP contribution >= 0.6 is 0 Å². The molecule has 1 saturated carbocycles. The molecule has 2 N–H and O–H groups in total. The zero-order chi connectivity index (χ0) is 28.1. The second-order valence-electron chi connectivity index (χ2n) is 10.2. The lowest BCUT2D eigenvalue weighted by Crippen LogP contribution is -2.37. The normalized spacial score (nSPS) is 19.3. The minimum absolute atomic E-state index is 0.0131. The first-order valence-electron chi connectivity index (χ1n) is 13.5. The number of aliphatic hydroxyl groups excluding tert-OH is 2. The van der Waals surface area contributed by atoms with Gasteiger partial charge in [0.05, 0.1) is 36.5 Å². The Labute approximate surface area is 224 Å². The number of alkyl halides is 2. The van der Waals surface area contributed by atoms with Gasteiger partial charge in [0.2, 0.25) is 0 Å². The number of benzene rings is 1. The summed E-state index contributed by atoms with van der Waals surface area (Å²) in [6.45, 7) is 5.77. The van der Waals surface area contributed by atoms with Gasteiger partial charge in [0.25, 0.3) is 0 Å². The van der Waals surface area contributed by atoms with Crippen LogP contribution < -0.4 is 4.74 Å². The van der Waals surface area contributed by atoms with Crippen molar-refractivity contribution in [1.82, 2.24) is 0 Å². The number of hydrogen-bond donors (Lipinski definition) is 2. The predicted octanol–water partition coefficient (Wildman–Crippen LogP) is 5.39. The summed E-state index contributed by atoms with van der Waals surface area (Å²) >= 11 is 0. The van der Waals surface area contributed by atoms with E-state index in [-0.39, 0.29) is 31.1 Å². The van der Waals surface area contributed by atoms with Gasteiger partial charge in [0, 0.05) is 0 Å². The molecule has 9 heteroatoms. The maximum absolute atomic E-state index is 14.9. The molecule has 2 rings (SSSR count). The molecule has 1 aromatic rings. The highest BCUT2D eigenvalue weighted by molar-refractivity contribution is 5.87. The van der Waals surface area contributed by atoms with Gasteiger partial charge in [-0.1, -0.05) is 51.3 Å². The average Bonchev–Trinajstić information content (AvgIpc) is 2.92. The van der Waals surface area contributed by atoms with Crippen molar-refractivity contribution in [1.29, 1.82) is 0 Å². The Morgan fingerprint density at radius 3 is 2.26 bits per heavy atom. The van der Waals surface area contributed by atoms with Crippen LogP contribution in [0, 0.1) is 17.8 Å². The van der Waals surface area contributed by atoms with Gasteiger partial charge in [0.1, 0.15) is 19.0 Å². The van der Waals surface area contributed by atoms with E-state index in [0.717, 1.165) is 32.1 Å². The highest BCUT2D eigenvalue weighted by Crippen LogP contribution is 2.41. The quantitative estimate of drug-likeness (QED) is 0.165. The molecule has 214 valence electrons. The number of halogens is 2. The maximum atomic E-state index is 14.9. The van der Waals surface area contributed by atoms with Crippen LogP contribution in [0.25, 0.3) is 0 Å². The Balaban J connectivity index is 2.01. The van der Waals surface area contributed by atoms with E-state index >= 15 is 0 Å². The molecular formula is C29H42F2O7. The maximum Gasteiger partial charge on any atom is 0.400 e. The minimum atomic E-state index is -3.29. The first kappa shape index (κ1) is 31.7.